The summed E-state index contributed by atoms with van der Waals surface area (Å²) < 4.78 is 1.43. The molecule has 1 heterocycles. The summed E-state index contributed by atoms with van der Waals surface area (Å²) in [5.41, 5.74) is 8.53. The molecule has 1 amide bonds. The minimum absolute atomic E-state index is 0.0938. The van der Waals surface area contributed by atoms with Gasteiger partial charge in [-0.25, -0.2) is 4.79 Å². The van der Waals surface area contributed by atoms with Gasteiger partial charge in [-0.15, -0.1) is 0 Å². The number of nitro benzene ring substituents is 1. The Morgan fingerprint density at radius 1 is 1.30 bits per heavy atom. The highest BCUT2D eigenvalue weighted by atomic mass is 16.6. The average Bonchev–Trinajstić information content (AvgIpc) is 2.68. The van der Waals surface area contributed by atoms with Gasteiger partial charge in [-0.3, -0.25) is 14.7 Å². The highest BCUT2D eigenvalue weighted by Gasteiger charge is 2.23. The van der Waals surface area contributed by atoms with Crippen molar-refractivity contribution in [1.29, 1.82) is 0 Å². The Morgan fingerprint density at radius 2 is 1.90 bits per heavy atom. The molecule has 106 valence electrons. The third kappa shape index (κ3) is 1.84. The minimum atomic E-state index is -0.567. The number of carbonyl (C=O) groups is 1. The van der Waals surface area contributed by atoms with Gasteiger partial charge >= 0.3 is 6.03 Å². The zero-order chi connectivity index (χ0) is 15.0. The van der Waals surface area contributed by atoms with E-state index in [0.717, 1.165) is 16.6 Å². The predicted octanol–water partition coefficient (Wildman–Crippen LogP) is 2.91. The summed E-state index contributed by atoms with van der Waals surface area (Å²) in [6.07, 6.45) is 1.22. The molecule has 0 aliphatic carbocycles. The first-order valence-electron chi connectivity index (χ1n) is 6.53. The fourth-order valence-corrected chi connectivity index (χ4v) is 2.89. The maximum absolute atomic E-state index is 11.6. The molecule has 1 aromatic heterocycles. The zero-order valence-electron chi connectivity index (χ0n) is 11.8. The van der Waals surface area contributed by atoms with E-state index in [2.05, 4.69) is 0 Å². The van der Waals surface area contributed by atoms with Gasteiger partial charge in [-0.05, 0) is 31.4 Å². The summed E-state index contributed by atoms with van der Waals surface area (Å²) in [5, 5.41) is 11.9. The predicted molar refractivity (Wildman–Crippen MR) is 77.1 cm³/mol. The molecular weight excluding hydrogens is 258 g/mol. The van der Waals surface area contributed by atoms with Crippen LogP contribution >= 0.6 is 0 Å². The number of fused-ring (bicyclic) bond motifs is 1. The van der Waals surface area contributed by atoms with Crippen LogP contribution in [0.3, 0.4) is 0 Å². The number of aryl methyl sites for hydroxylation is 2. The van der Waals surface area contributed by atoms with Crippen LogP contribution < -0.4 is 5.73 Å². The number of hydrogen-bond donors (Lipinski definition) is 1. The van der Waals surface area contributed by atoms with Gasteiger partial charge in [0.1, 0.15) is 0 Å². The van der Waals surface area contributed by atoms with Crippen LogP contribution in [-0.4, -0.2) is 15.5 Å². The Kier molecular flexibility index (Phi) is 3.48. The van der Waals surface area contributed by atoms with Gasteiger partial charge in [0.05, 0.1) is 10.4 Å². The highest BCUT2D eigenvalue weighted by molar-refractivity contribution is 5.98. The smallest absolute Gasteiger partial charge is 0.323 e. The Bertz CT molecular complexity index is 716. The van der Waals surface area contributed by atoms with Crippen LogP contribution in [0.15, 0.2) is 12.1 Å². The van der Waals surface area contributed by atoms with Crippen LogP contribution in [0.2, 0.25) is 0 Å². The maximum atomic E-state index is 11.6. The quantitative estimate of drug-likeness (QED) is 0.689. The van der Waals surface area contributed by atoms with Gasteiger partial charge in [0.15, 0.2) is 0 Å². The standard InChI is InChI=1S/C14H17N3O3/c1-4-9-8(3)16(14(15)18)12-7-6-11(17(19)20)10(5-2)13(9)12/h6-7H,4-5H2,1-3H3,(H2,15,18). The lowest BCUT2D eigenvalue weighted by atomic mass is 10.00. The van der Waals surface area contributed by atoms with E-state index in [1.807, 2.05) is 20.8 Å². The number of carbonyl (C=O) groups excluding carboxylic acids is 1. The topological polar surface area (TPSA) is 91.2 Å². The second-order valence-corrected chi connectivity index (χ2v) is 4.66. The number of aromatic nitrogens is 1. The van der Waals surface area contributed by atoms with Gasteiger partial charge in [0, 0.05) is 22.7 Å². The normalized spacial score (nSPS) is 10.9. The third-order valence-electron chi connectivity index (χ3n) is 3.71. The monoisotopic (exact) mass is 275 g/mol. The molecule has 0 fully saturated rings. The molecule has 2 N–H and O–H groups in total. The first-order chi connectivity index (χ1) is 9.43. The number of rotatable bonds is 3. The molecule has 6 heteroatoms. The second kappa shape index (κ2) is 4.96. The van der Waals surface area contributed by atoms with E-state index in [1.54, 1.807) is 6.07 Å². The van der Waals surface area contributed by atoms with Crippen LogP contribution in [0.25, 0.3) is 10.9 Å². The van der Waals surface area contributed by atoms with E-state index < -0.39 is 6.03 Å². The average molecular weight is 275 g/mol. The first kappa shape index (κ1) is 14.0. The van der Waals surface area contributed by atoms with Crippen LogP contribution in [0, 0.1) is 17.0 Å². The first-order valence-corrected chi connectivity index (χ1v) is 6.53. The van der Waals surface area contributed by atoms with Gasteiger partial charge in [0.2, 0.25) is 0 Å². The van der Waals surface area contributed by atoms with Crippen LogP contribution in [-0.2, 0) is 12.8 Å². The number of primary amides is 1. The van der Waals surface area contributed by atoms with Crippen molar-refractivity contribution in [2.24, 2.45) is 5.73 Å². The van der Waals surface area contributed by atoms with E-state index in [-0.39, 0.29) is 10.6 Å². The molecule has 0 radical (unpaired) electrons. The Hall–Kier alpha value is -2.37. The largest absolute Gasteiger partial charge is 0.351 e. The molecule has 2 aromatic rings. The number of amides is 1. The summed E-state index contributed by atoms with van der Waals surface area (Å²) in [6.45, 7) is 5.65. The van der Waals surface area contributed by atoms with Crippen LogP contribution in [0.4, 0.5) is 10.5 Å². The summed E-state index contributed by atoms with van der Waals surface area (Å²) in [7, 11) is 0. The molecule has 20 heavy (non-hydrogen) atoms. The van der Waals surface area contributed by atoms with Crippen molar-refractivity contribution in [3.05, 3.63) is 39.1 Å². The molecular formula is C14H17N3O3. The number of nitro groups is 1. The van der Waals surface area contributed by atoms with Crippen LogP contribution in [0.1, 0.15) is 30.7 Å². The number of nitrogens with zero attached hydrogens (tertiary/aromatic N) is 2. The van der Waals surface area contributed by atoms with Crippen molar-refractivity contribution in [3.8, 4) is 0 Å². The fourth-order valence-electron chi connectivity index (χ4n) is 2.89. The second-order valence-electron chi connectivity index (χ2n) is 4.66. The van der Waals surface area contributed by atoms with E-state index in [1.165, 1.54) is 10.6 Å². The molecule has 0 saturated heterocycles. The van der Waals surface area contributed by atoms with Crippen molar-refractivity contribution < 1.29 is 9.72 Å². The van der Waals surface area contributed by atoms with E-state index in [9.17, 15) is 14.9 Å². The highest BCUT2D eigenvalue weighted by Crippen LogP contribution is 2.34. The zero-order valence-corrected chi connectivity index (χ0v) is 11.8. The molecule has 0 bridgehead atoms. The van der Waals surface area contributed by atoms with Crippen molar-refractivity contribution in [3.63, 3.8) is 0 Å². The lowest BCUT2D eigenvalue weighted by Gasteiger charge is -2.05. The third-order valence-corrected chi connectivity index (χ3v) is 3.71. The van der Waals surface area contributed by atoms with Gasteiger partial charge in [0.25, 0.3) is 5.69 Å². The molecule has 0 unspecified atom stereocenters. The Morgan fingerprint density at radius 3 is 2.35 bits per heavy atom. The molecule has 2 rings (SSSR count). The minimum Gasteiger partial charge on any atom is -0.351 e. The molecule has 0 spiro atoms. The molecule has 0 aliphatic heterocycles. The van der Waals surface area contributed by atoms with E-state index >= 15 is 0 Å². The maximum Gasteiger partial charge on any atom is 0.323 e. The van der Waals surface area contributed by atoms with Crippen molar-refractivity contribution in [2.45, 2.75) is 33.6 Å². The van der Waals surface area contributed by atoms with Gasteiger partial charge in [-0.2, -0.15) is 0 Å². The van der Waals surface area contributed by atoms with Gasteiger partial charge < -0.3 is 5.73 Å². The summed E-state index contributed by atoms with van der Waals surface area (Å²) >= 11 is 0. The lowest BCUT2D eigenvalue weighted by molar-refractivity contribution is -0.385. The number of benzene rings is 1. The summed E-state index contributed by atoms with van der Waals surface area (Å²) in [5.74, 6) is 0. The number of nitrogens with two attached hydrogens (primary N) is 1. The summed E-state index contributed by atoms with van der Waals surface area (Å²) in [6, 6.07) is 2.48. The molecule has 0 atom stereocenters. The molecule has 1 aromatic carbocycles. The molecule has 6 nitrogen and oxygen atoms in total. The van der Waals surface area contributed by atoms with Gasteiger partial charge in [-0.1, -0.05) is 13.8 Å². The van der Waals surface area contributed by atoms with Crippen molar-refractivity contribution >= 4 is 22.6 Å². The Balaban J connectivity index is 3.01. The number of hydrogen-bond acceptors (Lipinski definition) is 3. The summed E-state index contributed by atoms with van der Waals surface area (Å²) in [4.78, 5) is 22.4. The van der Waals surface area contributed by atoms with Crippen LogP contribution in [0.5, 0.6) is 0 Å². The fraction of sp³-hybridized carbons (Fsp3) is 0.357. The molecule has 0 saturated carbocycles. The SMILES string of the molecule is CCc1c([N+](=O)[O-])ccc2c1c(CC)c(C)n2C(N)=O. The Labute approximate surface area is 116 Å². The van der Waals surface area contributed by atoms with Crippen molar-refractivity contribution in [1.82, 2.24) is 4.57 Å². The lowest BCUT2D eigenvalue weighted by Crippen LogP contribution is -2.20. The van der Waals surface area contributed by atoms with E-state index in [4.69, 9.17) is 5.73 Å². The van der Waals surface area contributed by atoms with Crippen molar-refractivity contribution in [2.75, 3.05) is 0 Å². The van der Waals surface area contributed by atoms with E-state index in [0.29, 0.717) is 23.9 Å². The molecule has 0 aliphatic rings.